The van der Waals surface area contributed by atoms with E-state index in [1.807, 2.05) is 25.1 Å². The number of carbonyl (C=O) groups excluding carboxylic acids is 1. The van der Waals surface area contributed by atoms with Crippen molar-refractivity contribution in [2.45, 2.75) is 6.92 Å². The smallest absolute Gasteiger partial charge is 0.248 e. The highest BCUT2D eigenvalue weighted by molar-refractivity contribution is 6.43. The van der Waals surface area contributed by atoms with Crippen molar-refractivity contribution in [3.8, 4) is 22.8 Å². The highest BCUT2D eigenvalue weighted by Gasteiger charge is 2.13. The Balaban J connectivity index is 1.33. The highest BCUT2D eigenvalue weighted by atomic mass is 35.5. The Kier molecular flexibility index (Phi) is 6.39. The molecular formula is C27H17Cl3N2O3. The van der Waals surface area contributed by atoms with E-state index in [1.165, 1.54) is 6.08 Å². The quantitative estimate of drug-likeness (QED) is 0.234. The van der Waals surface area contributed by atoms with Crippen molar-refractivity contribution >= 4 is 63.6 Å². The summed E-state index contributed by atoms with van der Waals surface area (Å²) in [7, 11) is 0. The zero-order chi connectivity index (χ0) is 24.5. The normalized spacial score (nSPS) is 11.4. The topological polar surface area (TPSA) is 68.3 Å². The first-order chi connectivity index (χ1) is 16.9. The number of benzene rings is 3. The molecule has 3 aromatic carbocycles. The molecule has 5 rings (SSSR count). The zero-order valence-corrected chi connectivity index (χ0v) is 20.6. The van der Waals surface area contributed by atoms with E-state index in [1.54, 1.807) is 54.6 Å². The fourth-order valence-electron chi connectivity index (χ4n) is 3.53. The van der Waals surface area contributed by atoms with Gasteiger partial charge in [0.2, 0.25) is 11.8 Å². The first-order valence-corrected chi connectivity index (χ1v) is 11.7. The fraction of sp³-hybridized carbons (Fsp3) is 0.0370. The van der Waals surface area contributed by atoms with Gasteiger partial charge in [-0.3, -0.25) is 4.79 Å². The van der Waals surface area contributed by atoms with E-state index in [4.69, 9.17) is 43.6 Å². The molecule has 5 aromatic rings. The number of hydrogen-bond acceptors (Lipinski definition) is 4. The molecule has 1 amide bonds. The molecular weight excluding hydrogens is 507 g/mol. The number of halogens is 3. The van der Waals surface area contributed by atoms with Gasteiger partial charge in [0, 0.05) is 17.2 Å². The van der Waals surface area contributed by atoms with Crippen LogP contribution in [0.15, 0.2) is 81.6 Å². The molecule has 0 unspecified atom stereocenters. The van der Waals surface area contributed by atoms with Gasteiger partial charge in [0.25, 0.3) is 0 Å². The largest absolute Gasteiger partial charge is 0.457 e. The van der Waals surface area contributed by atoms with E-state index >= 15 is 0 Å². The van der Waals surface area contributed by atoms with Crippen LogP contribution in [0.1, 0.15) is 11.3 Å². The molecule has 0 saturated heterocycles. The number of anilines is 1. The number of carbonyl (C=O) groups is 1. The standard InChI is InChI=1S/C27H17Cl3N2O3/c1-15-5-10-24-22(13-15)32-27(35-24)16-6-9-19(28)21(14-16)31-25(33)12-8-17-7-11-23(34-17)18-3-2-4-20(29)26(18)30/h2-14H,1H3,(H,31,33). The second kappa shape index (κ2) is 9.62. The van der Waals surface area contributed by atoms with Gasteiger partial charge in [-0.2, -0.15) is 0 Å². The number of aromatic nitrogens is 1. The predicted molar refractivity (Wildman–Crippen MR) is 141 cm³/mol. The summed E-state index contributed by atoms with van der Waals surface area (Å²) in [6.07, 6.45) is 2.91. The van der Waals surface area contributed by atoms with Gasteiger partial charge in [0.05, 0.1) is 20.8 Å². The van der Waals surface area contributed by atoms with Crippen LogP contribution in [0.2, 0.25) is 15.1 Å². The average Bonchev–Trinajstić information content (AvgIpc) is 3.48. The van der Waals surface area contributed by atoms with Crippen molar-refractivity contribution in [3.63, 3.8) is 0 Å². The summed E-state index contributed by atoms with van der Waals surface area (Å²) < 4.78 is 11.6. The monoisotopic (exact) mass is 522 g/mol. The van der Waals surface area contributed by atoms with Crippen LogP contribution < -0.4 is 5.32 Å². The second-order valence-corrected chi connectivity index (χ2v) is 9.00. The van der Waals surface area contributed by atoms with Crippen molar-refractivity contribution in [2.24, 2.45) is 0 Å². The summed E-state index contributed by atoms with van der Waals surface area (Å²) in [5.41, 5.74) is 4.33. The van der Waals surface area contributed by atoms with Gasteiger partial charge in [-0.1, -0.05) is 46.9 Å². The van der Waals surface area contributed by atoms with Gasteiger partial charge in [-0.25, -0.2) is 4.98 Å². The summed E-state index contributed by atoms with van der Waals surface area (Å²) >= 11 is 18.6. The molecule has 0 fully saturated rings. The second-order valence-electron chi connectivity index (χ2n) is 7.81. The van der Waals surface area contributed by atoms with Crippen molar-refractivity contribution in [1.29, 1.82) is 0 Å². The first-order valence-electron chi connectivity index (χ1n) is 10.6. The minimum atomic E-state index is -0.379. The molecule has 0 aliphatic rings. The molecule has 0 radical (unpaired) electrons. The van der Waals surface area contributed by atoms with Crippen LogP contribution in [-0.2, 0) is 4.79 Å². The lowest BCUT2D eigenvalue weighted by Crippen LogP contribution is -2.08. The van der Waals surface area contributed by atoms with Crippen LogP contribution in [0.4, 0.5) is 5.69 Å². The maximum atomic E-state index is 12.6. The minimum absolute atomic E-state index is 0.379. The molecule has 0 aliphatic carbocycles. The Bertz CT molecular complexity index is 1600. The number of aryl methyl sites for hydroxylation is 1. The van der Waals surface area contributed by atoms with Crippen molar-refractivity contribution in [2.75, 3.05) is 5.32 Å². The number of nitrogens with zero attached hydrogens (tertiary/aromatic N) is 1. The number of oxazole rings is 1. The van der Waals surface area contributed by atoms with Gasteiger partial charge in [0.15, 0.2) is 5.58 Å². The lowest BCUT2D eigenvalue weighted by Gasteiger charge is -2.06. The molecule has 0 saturated carbocycles. The molecule has 0 bridgehead atoms. The molecule has 8 heteroatoms. The van der Waals surface area contributed by atoms with E-state index in [-0.39, 0.29) is 5.91 Å². The lowest BCUT2D eigenvalue weighted by atomic mass is 10.2. The summed E-state index contributed by atoms with van der Waals surface area (Å²) in [5.74, 6) is 1.08. The van der Waals surface area contributed by atoms with Gasteiger partial charge >= 0.3 is 0 Å². The van der Waals surface area contributed by atoms with Crippen molar-refractivity contribution in [1.82, 2.24) is 4.98 Å². The van der Waals surface area contributed by atoms with E-state index < -0.39 is 0 Å². The molecule has 174 valence electrons. The van der Waals surface area contributed by atoms with Gasteiger partial charge in [-0.05, 0) is 73.2 Å². The van der Waals surface area contributed by atoms with Crippen molar-refractivity contribution < 1.29 is 13.6 Å². The fourth-order valence-corrected chi connectivity index (χ4v) is 4.09. The van der Waals surface area contributed by atoms with Crippen molar-refractivity contribution in [3.05, 3.63) is 99.2 Å². The molecule has 5 nitrogen and oxygen atoms in total. The summed E-state index contributed by atoms with van der Waals surface area (Å²) in [4.78, 5) is 17.1. The third kappa shape index (κ3) is 4.98. The van der Waals surface area contributed by atoms with E-state index in [0.717, 1.165) is 11.1 Å². The molecule has 0 spiro atoms. The van der Waals surface area contributed by atoms with Gasteiger partial charge in [-0.15, -0.1) is 0 Å². The van der Waals surface area contributed by atoms with Crippen LogP contribution >= 0.6 is 34.8 Å². The minimum Gasteiger partial charge on any atom is -0.457 e. The molecule has 2 aromatic heterocycles. The van der Waals surface area contributed by atoms with Crippen LogP contribution in [0.5, 0.6) is 0 Å². The maximum Gasteiger partial charge on any atom is 0.248 e. The molecule has 1 N–H and O–H groups in total. The Hall–Kier alpha value is -3.51. The van der Waals surface area contributed by atoms with E-state index in [2.05, 4.69) is 10.3 Å². The number of furan rings is 1. The zero-order valence-electron chi connectivity index (χ0n) is 18.3. The third-order valence-electron chi connectivity index (χ3n) is 5.26. The first kappa shape index (κ1) is 23.2. The Morgan fingerprint density at radius 1 is 0.943 bits per heavy atom. The number of rotatable bonds is 5. The maximum absolute atomic E-state index is 12.6. The summed E-state index contributed by atoms with van der Waals surface area (Å²) in [5, 5.41) is 4.01. The summed E-state index contributed by atoms with van der Waals surface area (Å²) in [6.45, 7) is 1.99. The average molecular weight is 524 g/mol. The van der Waals surface area contributed by atoms with Crippen LogP contribution in [-0.4, -0.2) is 10.9 Å². The Morgan fingerprint density at radius 2 is 1.80 bits per heavy atom. The molecule has 2 heterocycles. The Morgan fingerprint density at radius 3 is 2.66 bits per heavy atom. The molecule has 35 heavy (non-hydrogen) atoms. The molecule has 0 atom stereocenters. The van der Waals surface area contributed by atoms with Gasteiger partial charge in [0.1, 0.15) is 17.0 Å². The van der Waals surface area contributed by atoms with Crippen LogP contribution in [0.25, 0.3) is 40.0 Å². The third-order valence-corrected chi connectivity index (χ3v) is 6.41. The van der Waals surface area contributed by atoms with Crippen LogP contribution in [0.3, 0.4) is 0 Å². The SMILES string of the molecule is Cc1ccc2oc(-c3ccc(Cl)c(NC(=O)C=Cc4ccc(-c5cccc(Cl)c5Cl)o4)c3)nc2c1. The van der Waals surface area contributed by atoms with Crippen LogP contribution in [0, 0.1) is 6.92 Å². The molecule has 0 aliphatic heterocycles. The number of nitrogens with one attached hydrogen (secondary N) is 1. The van der Waals surface area contributed by atoms with Gasteiger partial charge < -0.3 is 14.2 Å². The number of amides is 1. The highest BCUT2D eigenvalue weighted by Crippen LogP contribution is 2.35. The number of hydrogen-bond donors (Lipinski definition) is 1. The predicted octanol–water partition coefficient (Wildman–Crippen LogP) is 8.68. The van der Waals surface area contributed by atoms with E-state index in [9.17, 15) is 4.79 Å². The number of fused-ring (bicyclic) bond motifs is 1. The Labute approximate surface area is 215 Å². The summed E-state index contributed by atoms with van der Waals surface area (Å²) in [6, 6.07) is 19.8. The van der Waals surface area contributed by atoms with E-state index in [0.29, 0.717) is 54.9 Å². The lowest BCUT2D eigenvalue weighted by molar-refractivity contribution is -0.111.